The molecule has 4 aliphatic carbocycles. The van der Waals surface area contributed by atoms with Gasteiger partial charge in [-0.3, -0.25) is 0 Å². The maximum Gasteiger partial charge on any atom is 0.0339 e. The van der Waals surface area contributed by atoms with Crippen molar-refractivity contribution in [2.24, 2.45) is 40.4 Å². The normalized spacial score (nSPS) is 48.0. The molecule has 0 N–H and O–H groups in total. The molecule has 0 saturated heterocycles. The number of fused-ring (bicyclic) bond motifs is 5. The van der Waals surface area contributed by atoms with E-state index in [1.54, 1.807) is 12.8 Å². The van der Waals surface area contributed by atoms with Gasteiger partial charge >= 0.3 is 0 Å². The van der Waals surface area contributed by atoms with Crippen molar-refractivity contribution in [2.45, 2.75) is 129 Å². The van der Waals surface area contributed by atoms with Crippen LogP contribution in [0, 0.1) is 40.4 Å². The fourth-order valence-electron chi connectivity index (χ4n) is 8.96. The number of alkyl halides is 1. The van der Waals surface area contributed by atoms with Crippen molar-refractivity contribution in [1.29, 1.82) is 0 Å². The summed E-state index contributed by atoms with van der Waals surface area (Å²) in [5.41, 5.74) is 1.30. The Kier molecular flexibility index (Phi) is 6.77. The predicted octanol–water partition coefficient (Wildman–Crippen LogP) is 9.00. The highest BCUT2D eigenvalue weighted by molar-refractivity contribution is 6.20. The van der Waals surface area contributed by atoms with Crippen molar-refractivity contribution >= 4 is 11.6 Å². The first-order chi connectivity index (χ1) is 13.5. The molecule has 0 amide bonds. The van der Waals surface area contributed by atoms with Crippen LogP contribution in [-0.2, 0) is 0 Å². The summed E-state index contributed by atoms with van der Waals surface area (Å²) in [6.45, 7) is 7.74. The summed E-state index contributed by atoms with van der Waals surface area (Å²) in [4.78, 5) is 0. The molecular formula is C27H47Cl. The zero-order chi connectivity index (χ0) is 19.8. The van der Waals surface area contributed by atoms with Crippen molar-refractivity contribution in [3.63, 3.8) is 0 Å². The molecule has 0 aromatic heterocycles. The van der Waals surface area contributed by atoms with Gasteiger partial charge in [0, 0.05) is 5.38 Å². The molecule has 162 valence electrons. The van der Waals surface area contributed by atoms with Crippen LogP contribution < -0.4 is 0 Å². The number of halogens is 1. The number of hydrogen-bond acceptors (Lipinski definition) is 0. The minimum atomic E-state index is 0.469. The van der Waals surface area contributed by atoms with Crippen molar-refractivity contribution in [1.82, 2.24) is 0 Å². The van der Waals surface area contributed by atoms with Gasteiger partial charge < -0.3 is 0 Å². The van der Waals surface area contributed by atoms with E-state index in [1.165, 1.54) is 89.9 Å². The summed E-state index contributed by atoms with van der Waals surface area (Å²) in [6, 6.07) is 0. The lowest BCUT2D eigenvalue weighted by atomic mass is 9.45. The summed E-state index contributed by atoms with van der Waals surface area (Å²) in [5.74, 6) is 5.06. The molecule has 4 aliphatic rings. The molecule has 0 aromatic rings. The second-order valence-electron chi connectivity index (χ2n) is 11.9. The predicted molar refractivity (Wildman–Crippen MR) is 123 cm³/mol. The fourth-order valence-corrected chi connectivity index (χ4v) is 9.28. The third-order valence-corrected chi connectivity index (χ3v) is 11.1. The molecule has 3 unspecified atom stereocenters. The molecule has 4 rings (SSSR count). The van der Waals surface area contributed by atoms with E-state index in [1.807, 2.05) is 0 Å². The van der Waals surface area contributed by atoms with Crippen LogP contribution in [0.4, 0.5) is 0 Å². The van der Waals surface area contributed by atoms with Gasteiger partial charge in [0.05, 0.1) is 0 Å². The van der Waals surface area contributed by atoms with E-state index < -0.39 is 0 Å². The highest BCUT2D eigenvalue weighted by Crippen LogP contribution is 2.68. The second-order valence-corrected chi connectivity index (χ2v) is 12.5. The topological polar surface area (TPSA) is 0 Å². The average Bonchev–Trinajstić information content (AvgIpc) is 3.01. The highest BCUT2D eigenvalue weighted by Gasteiger charge is 2.59. The van der Waals surface area contributed by atoms with E-state index in [0.717, 1.165) is 29.6 Å². The van der Waals surface area contributed by atoms with Crippen LogP contribution in [0.25, 0.3) is 0 Å². The molecule has 0 aromatic carbocycles. The third-order valence-electron chi connectivity index (χ3n) is 10.7. The maximum absolute atomic E-state index is 6.59. The van der Waals surface area contributed by atoms with Gasteiger partial charge in [-0.1, -0.05) is 59.3 Å². The Balaban J connectivity index is 1.37. The molecule has 0 bridgehead atoms. The van der Waals surface area contributed by atoms with Crippen molar-refractivity contribution in [3.05, 3.63) is 0 Å². The smallest absolute Gasteiger partial charge is 0.0339 e. The number of rotatable bonds is 7. The van der Waals surface area contributed by atoms with Crippen molar-refractivity contribution in [2.75, 3.05) is 0 Å². The highest BCUT2D eigenvalue weighted by atomic mass is 35.5. The van der Waals surface area contributed by atoms with E-state index >= 15 is 0 Å². The average molecular weight is 407 g/mol. The zero-order valence-corrected chi connectivity index (χ0v) is 19.9. The van der Waals surface area contributed by atoms with E-state index in [2.05, 4.69) is 20.8 Å². The van der Waals surface area contributed by atoms with Crippen LogP contribution >= 0.6 is 11.6 Å². The van der Waals surface area contributed by atoms with Crippen LogP contribution in [0.1, 0.15) is 124 Å². The Morgan fingerprint density at radius 2 is 1.46 bits per heavy atom. The van der Waals surface area contributed by atoms with E-state index in [9.17, 15) is 0 Å². The third kappa shape index (κ3) is 3.83. The van der Waals surface area contributed by atoms with Crippen LogP contribution in [0.5, 0.6) is 0 Å². The lowest BCUT2D eigenvalue weighted by Crippen LogP contribution is -2.53. The van der Waals surface area contributed by atoms with E-state index in [0.29, 0.717) is 16.2 Å². The Morgan fingerprint density at radius 1 is 0.750 bits per heavy atom. The van der Waals surface area contributed by atoms with Crippen LogP contribution in [0.3, 0.4) is 0 Å². The second kappa shape index (κ2) is 8.80. The molecule has 0 spiro atoms. The molecule has 0 heterocycles. The molecule has 28 heavy (non-hydrogen) atoms. The Labute approximate surface area is 181 Å². The Morgan fingerprint density at radius 3 is 2.29 bits per heavy atom. The minimum Gasteiger partial charge on any atom is -0.123 e. The van der Waals surface area contributed by atoms with Gasteiger partial charge in [0.2, 0.25) is 0 Å². The lowest BCUT2D eigenvalue weighted by Gasteiger charge is -2.61. The number of unbranched alkanes of at least 4 members (excludes halogenated alkanes) is 5. The summed E-state index contributed by atoms with van der Waals surface area (Å²) in [6.07, 6.45) is 23.5. The molecule has 0 radical (unpaired) electrons. The fraction of sp³-hybridized carbons (Fsp3) is 1.00. The summed E-state index contributed by atoms with van der Waals surface area (Å²) in [7, 11) is 0. The van der Waals surface area contributed by atoms with Gasteiger partial charge in [-0.25, -0.2) is 0 Å². The first-order valence-electron chi connectivity index (χ1n) is 13.1. The Bertz CT molecular complexity index is 514. The van der Waals surface area contributed by atoms with Gasteiger partial charge in [0.1, 0.15) is 0 Å². The first kappa shape index (κ1) is 21.5. The zero-order valence-electron chi connectivity index (χ0n) is 19.2. The molecule has 0 aliphatic heterocycles. The van der Waals surface area contributed by atoms with Gasteiger partial charge in [-0.05, 0) is 105 Å². The lowest BCUT2D eigenvalue weighted by molar-refractivity contribution is -0.110. The minimum absolute atomic E-state index is 0.469. The number of hydrogen-bond donors (Lipinski definition) is 0. The molecule has 4 fully saturated rings. The standard InChI is InChI=1S/C27H47Cl/c1-4-5-6-7-8-9-10-20-12-14-24-23-13-11-21-19-22(28)15-17-27(21,3)25(23)16-18-26(20,24)2/h20-25H,4-19H2,1-3H3/t20-,21?,22+,23-,24?,25?,26+,27-/m0/s1. The summed E-state index contributed by atoms with van der Waals surface area (Å²) >= 11 is 6.59. The molecule has 0 nitrogen and oxygen atoms in total. The molecular weight excluding hydrogens is 360 g/mol. The summed E-state index contributed by atoms with van der Waals surface area (Å²) in [5, 5.41) is 0.469. The molecule has 8 atom stereocenters. The van der Waals surface area contributed by atoms with Crippen LogP contribution in [0.15, 0.2) is 0 Å². The molecule has 1 heteroatoms. The van der Waals surface area contributed by atoms with Gasteiger partial charge in [0.15, 0.2) is 0 Å². The maximum atomic E-state index is 6.59. The van der Waals surface area contributed by atoms with E-state index in [-0.39, 0.29) is 0 Å². The van der Waals surface area contributed by atoms with Crippen LogP contribution in [0.2, 0.25) is 0 Å². The van der Waals surface area contributed by atoms with Crippen molar-refractivity contribution < 1.29 is 0 Å². The monoisotopic (exact) mass is 406 g/mol. The van der Waals surface area contributed by atoms with Gasteiger partial charge in [0.25, 0.3) is 0 Å². The van der Waals surface area contributed by atoms with Gasteiger partial charge in [-0.2, -0.15) is 0 Å². The first-order valence-corrected chi connectivity index (χ1v) is 13.6. The van der Waals surface area contributed by atoms with Crippen molar-refractivity contribution in [3.8, 4) is 0 Å². The summed E-state index contributed by atoms with van der Waals surface area (Å²) < 4.78 is 0. The van der Waals surface area contributed by atoms with E-state index in [4.69, 9.17) is 11.6 Å². The largest absolute Gasteiger partial charge is 0.123 e. The van der Waals surface area contributed by atoms with Crippen LogP contribution in [-0.4, -0.2) is 5.38 Å². The SMILES string of the molecule is CCCCCCCC[C@H]1CCC2[C@@H]3CCC4C[C@H](Cl)CC[C@]4(C)C3CC[C@@]21C. The quantitative estimate of drug-likeness (QED) is 0.292. The van der Waals surface area contributed by atoms with Gasteiger partial charge in [-0.15, -0.1) is 11.6 Å². The molecule has 4 saturated carbocycles. The Hall–Kier alpha value is 0.290.